The first-order chi connectivity index (χ1) is 13.6. The SMILES string of the molecule is CC(Oc1ccccc1)C(=O)N1CCc2nc(NC(=O)c3cccs3)sc2C1. The van der Waals surface area contributed by atoms with E-state index in [0.717, 1.165) is 10.6 Å². The van der Waals surface area contributed by atoms with Gasteiger partial charge in [0.25, 0.3) is 11.8 Å². The maximum absolute atomic E-state index is 12.8. The van der Waals surface area contributed by atoms with Crippen molar-refractivity contribution in [1.29, 1.82) is 0 Å². The third-order valence-corrected chi connectivity index (χ3v) is 6.28. The van der Waals surface area contributed by atoms with Gasteiger partial charge in [0.1, 0.15) is 5.75 Å². The van der Waals surface area contributed by atoms with Crippen molar-refractivity contribution < 1.29 is 14.3 Å². The van der Waals surface area contributed by atoms with E-state index >= 15 is 0 Å². The fourth-order valence-corrected chi connectivity index (χ4v) is 4.65. The Morgan fingerprint density at radius 3 is 2.79 bits per heavy atom. The number of nitrogens with one attached hydrogen (secondary N) is 1. The van der Waals surface area contributed by atoms with Gasteiger partial charge >= 0.3 is 0 Å². The average Bonchev–Trinajstić information content (AvgIpc) is 3.37. The van der Waals surface area contributed by atoms with Gasteiger partial charge in [-0.2, -0.15) is 0 Å². The molecule has 0 aliphatic carbocycles. The highest BCUT2D eigenvalue weighted by Gasteiger charge is 2.28. The Kier molecular flexibility index (Phi) is 5.40. The molecule has 2 aromatic heterocycles. The van der Waals surface area contributed by atoms with Crippen LogP contribution in [0.5, 0.6) is 5.75 Å². The summed E-state index contributed by atoms with van der Waals surface area (Å²) in [5.41, 5.74) is 0.951. The van der Waals surface area contributed by atoms with Crippen LogP contribution in [0.2, 0.25) is 0 Å². The van der Waals surface area contributed by atoms with Crippen molar-refractivity contribution in [2.75, 3.05) is 11.9 Å². The Labute approximate surface area is 170 Å². The minimum absolute atomic E-state index is 0.0490. The fourth-order valence-electron chi connectivity index (χ4n) is 3.01. The number of benzene rings is 1. The Morgan fingerprint density at radius 1 is 1.21 bits per heavy atom. The second-order valence-electron chi connectivity index (χ2n) is 6.40. The van der Waals surface area contributed by atoms with Crippen LogP contribution in [0, 0.1) is 0 Å². The van der Waals surface area contributed by atoms with Crippen LogP contribution in [0.25, 0.3) is 0 Å². The van der Waals surface area contributed by atoms with Crippen LogP contribution in [0.15, 0.2) is 47.8 Å². The van der Waals surface area contributed by atoms with E-state index in [-0.39, 0.29) is 11.8 Å². The molecule has 0 saturated carbocycles. The van der Waals surface area contributed by atoms with Crippen molar-refractivity contribution >= 4 is 39.6 Å². The summed E-state index contributed by atoms with van der Waals surface area (Å²) < 4.78 is 5.76. The van der Waals surface area contributed by atoms with Gasteiger partial charge in [-0.3, -0.25) is 14.9 Å². The molecular weight excluding hydrogens is 394 g/mol. The molecule has 4 rings (SSSR count). The van der Waals surface area contributed by atoms with E-state index in [9.17, 15) is 9.59 Å². The first-order valence-electron chi connectivity index (χ1n) is 8.94. The zero-order valence-electron chi connectivity index (χ0n) is 15.3. The lowest BCUT2D eigenvalue weighted by molar-refractivity contribution is -0.138. The first-order valence-corrected chi connectivity index (χ1v) is 10.6. The number of para-hydroxylation sites is 1. The summed E-state index contributed by atoms with van der Waals surface area (Å²) in [6, 6.07) is 13.0. The van der Waals surface area contributed by atoms with Gasteiger partial charge in [0.2, 0.25) is 0 Å². The van der Waals surface area contributed by atoms with E-state index in [0.29, 0.717) is 35.3 Å². The highest BCUT2D eigenvalue weighted by Crippen LogP contribution is 2.29. The molecule has 144 valence electrons. The summed E-state index contributed by atoms with van der Waals surface area (Å²) in [4.78, 5) is 33.0. The number of carbonyl (C=O) groups is 2. The van der Waals surface area contributed by atoms with E-state index in [2.05, 4.69) is 10.3 Å². The lowest BCUT2D eigenvalue weighted by Gasteiger charge is -2.28. The van der Waals surface area contributed by atoms with E-state index in [1.807, 2.05) is 41.8 Å². The molecule has 1 aliphatic rings. The third-order valence-electron chi connectivity index (χ3n) is 4.41. The van der Waals surface area contributed by atoms with Crippen molar-refractivity contribution in [3.8, 4) is 5.75 Å². The predicted molar refractivity (Wildman–Crippen MR) is 110 cm³/mol. The van der Waals surface area contributed by atoms with E-state index < -0.39 is 6.10 Å². The van der Waals surface area contributed by atoms with Gasteiger partial charge in [-0.15, -0.1) is 11.3 Å². The summed E-state index contributed by atoms with van der Waals surface area (Å²) in [5.74, 6) is 0.475. The molecule has 0 radical (unpaired) electrons. The van der Waals surface area contributed by atoms with E-state index in [4.69, 9.17) is 4.74 Å². The van der Waals surface area contributed by atoms with Crippen LogP contribution in [0.3, 0.4) is 0 Å². The highest BCUT2D eigenvalue weighted by molar-refractivity contribution is 7.16. The van der Waals surface area contributed by atoms with E-state index in [1.54, 1.807) is 17.9 Å². The molecule has 1 atom stereocenters. The van der Waals surface area contributed by atoms with Crippen molar-refractivity contribution in [3.05, 3.63) is 63.3 Å². The van der Waals surface area contributed by atoms with Crippen LogP contribution in [0.4, 0.5) is 5.13 Å². The molecule has 8 heteroatoms. The third kappa shape index (κ3) is 4.07. The molecule has 3 heterocycles. The van der Waals surface area contributed by atoms with Crippen molar-refractivity contribution in [2.24, 2.45) is 0 Å². The zero-order valence-corrected chi connectivity index (χ0v) is 16.9. The Hall–Kier alpha value is -2.71. The minimum Gasteiger partial charge on any atom is -0.481 e. The summed E-state index contributed by atoms with van der Waals surface area (Å²) in [5, 5.41) is 5.29. The number of ether oxygens (including phenoxy) is 1. The summed E-state index contributed by atoms with van der Waals surface area (Å²) >= 11 is 2.82. The Bertz CT molecular complexity index is 970. The maximum atomic E-state index is 12.8. The fraction of sp³-hybridized carbons (Fsp3) is 0.250. The molecule has 1 aliphatic heterocycles. The molecule has 0 saturated heterocycles. The number of fused-ring (bicyclic) bond motifs is 1. The smallest absolute Gasteiger partial charge is 0.267 e. The molecule has 6 nitrogen and oxygen atoms in total. The number of carbonyl (C=O) groups excluding carboxylic acids is 2. The molecule has 0 spiro atoms. The maximum Gasteiger partial charge on any atom is 0.267 e. The number of nitrogens with zero attached hydrogens (tertiary/aromatic N) is 2. The standard InChI is InChI=1S/C20H19N3O3S2/c1-13(26-14-6-3-2-4-7-14)19(25)23-10-9-15-17(12-23)28-20(21-15)22-18(24)16-8-5-11-27-16/h2-8,11,13H,9-10,12H2,1H3,(H,21,22,24). The molecule has 0 fully saturated rings. The first kappa shape index (κ1) is 18.6. The second-order valence-corrected chi connectivity index (χ2v) is 8.43. The summed E-state index contributed by atoms with van der Waals surface area (Å²) in [7, 11) is 0. The molecule has 2 amide bonds. The quantitative estimate of drug-likeness (QED) is 0.690. The molecule has 1 aromatic carbocycles. The largest absolute Gasteiger partial charge is 0.481 e. The van der Waals surface area contributed by atoms with Gasteiger partial charge in [-0.05, 0) is 30.5 Å². The number of anilines is 1. The number of thiophene rings is 1. The van der Waals surface area contributed by atoms with E-state index in [1.165, 1.54) is 22.7 Å². The van der Waals surface area contributed by atoms with Crippen molar-refractivity contribution in [3.63, 3.8) is 0 Å². The lowest BCUT2D eigenvalue weighted by atomic mass is 10.1. The minimum atomic E-state index is -0.560. The van der Waals surface area contributed by atoms with Gasteiger partial charge < -0.3 is 9.64 Å². The van der Waals surface area contributed by atoms with Crippen LogP contribution in [-0.4, -0.2) is 34.3 Å². The monoisotopic (exact) mass is 413 g/mol. The average molecular weight is 414 g/mol. The Balaban J connectivity index is 1.39. The molecule has 0 bridgehead atoms. The number of hydrogen-bond acceptors (Lipinski definition) is 6. The second kappa shape index (κ2) is 8.12. The summed E-state index contributed by atoms with van der Waals surface area (Å²) in [6.45, 7) is 2.85. The molecule has 3 aromatic rings. The molecule has 1 unspecified atom stereocenters. The number of rotatable bonds is 5. The summed E-state index contributed by atoms with van der Waals surface area (Å²) in [6.07, 6.45) is 0.111. The van der Waals surface area contributed by atoms with Crippen LogP contribution in [-0.2, 0) is 17.8 Å². The molecule has 1 N–H and O–H groups in total. The number of thiazole rings is 1. The predicted octanol–water partition coefficient (Wildman–Crippen LogP) is 3.81. The lowest BCUT2D eigenvalue weighted by Crippen LogP contribution is -2.42. The van der Waals surface area contributed by atoms with Crippen LogP contribution < -0.4 is 10.1 Å². The highest BCUT2D eigenvalue weighted by atomic mass is 32.1. The van der Waals surface area contributed by atoms with Crippen LogP contribution >= 0.6 is 22.7 Å². The van der Waals surface area contributed by atoms with Gasteiger partial charge in [0, 0.05) is 17.8 Å². The van der Waals surface area contributed by atoms with Gasteiger partial charge in [-0.25, -0.2) is 4.98 Å². The number of aromatic nitrogens is 1. The molecular formula is C20H19N3O3S2. The van der Waals surface area contributed by atoms with Crippen molar-refractivity contribution in [1.82, 2.24) is 9.88 Å². The Morgan fingerprint density at radius 2 is 2.04 bits per heavy atom. The van der Waals surface area contributed by atoms with Gasteiger partial charge in [0.05, 0.1) is 17.1 Å². The normalized spacial score (nSPS) is 14.2. The van der Waals surface area contributed by atoms with Crippen LogP contribution in [0.1, 0.15) is 27.2 Å². The van der Waals surface area contributed by atoms with Gasteiger partial charge in [0.15, 0.2) is 11.2 Å². The zero-order chi connectivity index (χ0) is 19.5. The van der Waals surface area contributed by atoms with Gasteiger partial charge in [-0.1, -0.05) is 35.6 Å². The van der Waals surface area contributed by atoms with Crippen molar-refractivity contribution in [2.45, 2.75) is 26.0 Å². The number of amides is 2. The molecule has 28 heavy (non-hydrogen) atoms. The number of hydrogen-bond donors (Lipinski definition) is 1. The topological polar surface area (TPSA) is 71.5 Å².